The zero-order chi connectivity index (χ0) is 70.7. The number of benzene rings is 17. The van der Waals surface area contributed by atoms with Crippen LogP contribution in [0.4, 0.5) is 34.1 Å². The number of aromatic nitrogens is 1. The number of hydrogen-bond acceptors (Lipinski definition) is 2. The van der Waals surface area contributed by atoms with E-state index in [0.717, 1.165) is 39.5 Å². The van der Waals surface area contributed by atoms with Crippen LogP contribution in [0.2, 0.25) is 0 Å². The van der Waals surface area contributed by atoms with Gasteiger partial charge >= 0.3 is 0 Å². The van der Waals surface area contributed by atoms with Crippen molar-refractivity contribution < 1.29 is 0 Å². The number of fused-ring (bicyclic) bond motifs is 37. The van der Waals surface area contributed by atoms with Gasteiger partial charge in [0.25, 0.3) is 6.71 Å². The number of hydrogen-bond donors (Lipinski definition) is 0. The Morgan fingerprint density at radius 3 is 0.945 bits per heavy atom. The van der Waals surface area contributed by atoms with Crippen molar-refractivity contribution in [3.63, 3.8) is 0 Å². The average Bonchev–Trinajstić information content (AvgIpc) is 1.55. The SMILES string of the molecule is c1ccc(-c2ccc(N3c4cc5c(cc4B4c6cc7c(cc6N(c6ccc8c(c6)C6(c9ccccc9-c9ccccc96)c6ccccc6-8)c6cc(-n8c9ccccc9c9ccccc98)cc3c64)-c3ccccc3C73c4ccccc4-c4ccccc43)-c3ccccc3C53c4ccccc4-c4ccccc43)cc2)cc1. The number of para-hydroxylation sites is 2. The molecule has 0 fully saturated rings. The van der Waals surface area contributed by atoms with Gasteiger partial charge in [-0.1, -0.05) is 315 Å². The van der Waals surface area contributed by atoms with E-state index in [1.165, 1.54) is 183 Å². The molecule has 0 amide bonds. The van der Waals surface area contributed by atoms with E-state index in [0.29, 0.717) is 0 Å². The summed E-state index contributed by atoms with van der Waals surface area (Å²) in [5.74, 6) is 0. The highest BCUT2D eigenvalue weighted by atomic mass is 15.2. The third kappa shape index (κ3) is 7.00. The van der Waals surface area contributed by atoms with Crippen molar-refractivity contribution in [2.75, 3.05) is 9.80 Å². The second-order valence-corrected chi connectivity index (χ2v) is 31.1. The summed E-state index contributed by atoms with van der Waals surface area (Å²) < 4.78 is 2.56. The first-order valence-corrected chi connectivity index (χ1v) is 38.4. The van der Waals surface area contributed by atoms with Crippen molar-refractivity contribution in [1.82, 2.24) is 4.57 Å². The van der Waals surface area contributed by atoms with E-state index in [-0.39, 0.29) is 6.71 Å². The molecule has 500 valence electrons. The molecule has 0 bridgehead atoms. The summed E-state index contributed by atoms with van der Waals surface area (Å²) in [6.45, 7) is -0.285. The van der Waals surface area contributed by atoms with Crippen LogP contribution >= 0.6 is 0 Å². The predicted molar refractivity (Wildman–Crippen MR) is 449 cm³/mol. The van der Waals surface area contributed by atoms with E-state index < -0.39 is 16.2 Å². The molecule has 4 heteroatoms. The quantitative estimate of drug-likeness (QED) is 0.163. The molecule has 109 heavy (non-hydrogen) atoms. The summed E-state index contributed by atoms with van der Waals surface area (Å²) in [6.07, 6.45) is 0. The number of rotatable bonds is 4. The second kappa shape index (κ2) is 20.8. The van der Waals surface area contributed by atoms with Gasteiger partial charge in [-0.3, -0.25) is 0 Å². The monoisotopic (exact) mass is 1380 g/mol. The molecule has 0 saturated heterocycles. The van der Waals surface area contributed by atoms with Gasteiger partial charge in [-0.25, -0.2) is 0 Å². The van der Waals surface area contributed by atoms with Gasteiger partial charge in [0, 0.05) is 44.9 Å². The maximum absolute atomic E-state index is 2.74. The highest BCUT2D eigenvalue weighted by molar-refractivity contribution is 7.00. The first kappa shape index (κ1) is 58.5. The summed E-state index contributed by atoms with van der Waals surface area (Å²) in [4.78, 5) is 5.43. The third-order valence-corrected chi connectivity index (χ3v) is 26.6. The number of anilines is 6. The van der Waals surface area contributed by atoms with Crippen LogP contribution in [0.15, 0.2) is 376 Å². The lowest BCUT2D eigenvalue weighted by Gasteiger charge is -2.45. The van der Waals surface area contributed by atoms with Gasteiger partial charge in [-0.2, -0.15) is 0 Å². The molecular weight excluding hydrogens is 1310 g/mol. The van der Waals surface area contributed by atoms with E-state index >= 15 is 0 Å². The zero-order valence-corrected chi connectivity index (χ0v) is 59.2. The number of nitrogens with zero attached hydrogens (tertiary/aromatic N) is 3. The van der Waals surface area contributed by atoms with Crippen molar-refractivity contribution in [3.05, 3.63) is 443 Å². The molecule has 3 nitrogen and oxygen atoms in total. The van der Waals surface area contributed by atoms with Gasteiger partial charge in [-0.15, -0.1) is 0 Å². The second-order valence-electron chi connectivity index (χ2n) is 31.1. The van der Waals surface area contributed by atoms with Gasteiger partial charge in [0.1, 0.15) is 0 Å². The Kier molecular flexibility index (Phi) is 11.2. The Morgan fingerprint density at radius 1 is 0.193 bits per heavy atom. The minimum Gasteiger partial charge on any atom is -0.311 e. The minimum absolute atomic E-state index is 0.285. The Balaban J connectivity index is 0.837. The topological polar surface area (TPSA) is 11.4 Å². The molecule has 0 saturated carbocycles. The molecule has 0 radical (unpaired) electrons. The highest BCUT2D eigenvalue weighted by Gasteiger charge is 2.58. The fourth-order valence-corrected chi connectivity index (χ4v) is 22.7. The third-order valence-electron chi connectivity index (χ3n) is 26.6. The van der Waals surface area contributed by atoms with Crippen LogP contribution in [0.25, 0.3) is 105 Å². The highest BCUT2D eigenvalue weighted by Crippen LogP contribution is 2.68. The molecule has 2 aliphatic heterocycles. The molecule has 8 aliphatic rings. The lowest BCUT2D eigenvalue weighted by Crippen LogP contribution is -2.61. The molecule has 3 spiro atoms. The molecule has 3 heterocycles. The van der Waals surface area contributed by atoms with Gasteiger partial charge in [-0.05, 0) is 222 Å². The summed E-state index contributed by atoms with van der Waals surface area (Å²) in [7, 11) is 0. The first-order valence-electron chi connectivity index (χ1n) is 38.4. The minimum atomic E-state index is -0.617. The van der Waals surface area contributed by atoms with Crippen LogP contribution in [0, 0.1) is 0 Å². The van der Waals surface area contributed by atoms with E-state index in [1.807, 2.05) is 0 Å². The van der Waals surface area contributed by atoms with Crippen LogP contribution in [0.1, 0.15) is 66.8 Å². The maximum atomic E-state index is 2.74. The van der Waals surface area contributed by atoms with Crippen molar-refractivity contribution in [2.45, 2.75) is 16.2 Å². The van der Waals surface area contributed by atoms with E-state index in [1.54, 1.807) is 0 Å². The van der Waals surface area contributed by atoms with E-state index in [4.69, 9.17) is 0 Å². The lowest BCUT2D eigenvalue weighted by molar-refractivity contribution is 0.793. The lowest BCUT2D eigenvalue weighted by atomic mass is 9.33. The summed E-state index contributed by atoms with van der Waals surface area (Å²) >= 11 is 0. The largest absolute Gasteiger partial charge is 0.311 e. The van der Waals surface area contributed by atoms with Crippen LogP contribution in [-0.4, -0.2) is 11.3 Å². The van der Waals surface area contributed by atoms with E-state index in [9.17, 15) is 0 Å². The summed E-state index contributed by atoms with van der Waals surface area (Å²) in [6, 6.07) is 146. The molecule has 18 aromatic rings. The fourth-order valence-electron chi connectivity index (χ4n) is 22.7. The van der Waals surface area contributed by atoms with E-state index in [2.05, 4.69) is 390 Å². The average molecular weight is 1380 g/mol. The molecule has 0 unspecified atom stereocenters. The Morgan fingerprint density at radius 2 is 0.505 bits per heavy atom. The maximum Gasteiger partial charge on any atom is 0.252 e. The molecule has 1 aromatic heterocycles. The standard InChI is InChI=1S/C105H62BN3/c1-2-26-63(27-3-1)64-50-52-65(53-51-64)107-99-62-93-80(75-35-11-22-46-89(75)105(93)86-43-19-8-32-72(86)73-33-9-20-44-87(73)105)59-94(99)106-95-61-92-81(76-36-12-23-47-90(76)104(92)84-41-17-6-30-70(84)71-31-7-18-42-85(71)104)60-98(95)108(101-58-67(57-100(107)102(101)106)109-96-48-24-13-37-78(96)79-38-14-25-49-97(79)109)66-54-55-77-74-34-10-21-45-88(74)103(91(77)56-66)82-39-15-4-28-68(82)69-29-5-16-40-83(69)103/h1-62H. The van der Waals surface area contributed by atoms with Crippen molar-refractivity contribution >= 4 is 79.0 Å². The molecule has 6 aliphatic carbocycles. The van der Waals surface area contributed by atoms with Crippen LogP contribution < -0.4 is 26.2 Å². The van der Waals surface area contributed by atoms with Gasteiger partial charge in [0.2, 0.25) is 0 Å². The van der Waals surface area contributed by atoms with Gasteiger partial charge in [0.05, 0.1) is 33.0 Å². The predicted octanol–water partition coefficient (Wildman–Crippen LogP) is 23.6. The molecule has 0 atom stereocenters. The molecule has 0 N–H and O–H groups in total. The summed E-state index contributed by atoms with van der Waals surface area (Å²) in [5.41, 5.74) is 45.9. The normalized spacial score (nSPS) is 15.0. The van der Waals surface area contributed by atoms with Gasteiger partial charge in [0.15, 0.2) is 0 Å². The summed E-state index contributed by atoms with van der Waals surface area (Å²) in [5, 5.41) is 2.44. The first-order chi connectivity index (χ1) is 54.1. The van der Waals surface area contributed by atoms with Gasteiger partial charge < -0.3 is 14.4 Å². The smallest absolute Gasteiger partial charge is 0.252 e. The molecule has 17 aromatic carbocycles. The van der Waals surface area contributed by atoms with Crippen molar-refractivity contribution in [1.29, 1.82) is 0 Å². The molecular formula is C105H62BN3. The van der Waals surface area contributed by atoms with Crippen LogP contribution in [-0.2, 0) is 16.2 Å². The molecule has 26 rings (SSSR count). The Labute approximate surface area is 631 Å². The fraction of sp³-hybridized carbons (Fsp3) is 0.0286. The Bertz CT molecular complexity index is 6950. The Hall–Kier alpha value is -13.8. The van der Waals surface area contributed by atoms with Crippen LogP contribution in [0.3, 0.4) is 0 Å². The van der Waals surface area contributed by atoms with Crippen LogP contribution in [0.5, 0.6) is 0 Å². The zero-order valence-electron chi connectivity index (χ0n) is 59.2. The van der Waals surface area contributed by atoms with Crippen molar-refractivity contribution in [3.8, 4) is 83.6 Å². The van der Waals surface area contributed by atoms with Crippen molar-refractivity contribution in [2.24, 2.45) is 0 Å².